The lowest BCUT2D eigenvalue weighted by atomic mass is 9.95. The number of thioether (sulfide) groups is 1. The SMILES string of the molecule is OC1(CSc2ncnc3ccccc23)CCNCC1. The number of para-hydroxylation sites is 1. The van der Waals surface area contributed by atoms with E-state index in [2.05, 4.69) is 15.3 Å². The van der Waals surface area contributed by atoms with Crippen molar-refractivity contribution in [1.29, 1.82) is 0 Å². The van der Waals surface area contributed by atoms with Gasteiger partial charge in [-0.1, -0.05) is 18.2 Å². The molecule has 100 valence electrons. The molecule has 0 unspecified atom stereocenters. The van der Waals surface area contributed by atoms with Crippen LogP contribution in [0.4, 0.5) is 0 Å². The highest BCUT2D eigenvalue weighted by molar-refractivity contribution is 7.99. The molecule has 1 aliphatic rings. The fraction of sp³-hybridized carbons (Fsp3) is 0.429. The monoisotopic (exact) mass is 275 g/mol. The molecule has 0 saturated carbocycles. The van der Waals surface area contributed by atoms with Crippen LogP contribution < -0.4 is 5.32 Å². The average molecular weight is 275 g/mol. The summed E-state index contributed by atoms with van der Waals surface area (Å²) in [6.45, 7) is 1.78. The lowest BCUT2D eigenvalue weighted by Gasteiger charge is -2.32. The zero-order valence-electron chi connectivity index (χ0n) is 10.7. The van der Waals surface area contributed by atoms with Crippen LogP contribution in [0.2, 0.25) is 0 Å². The molecule has 19 heavy (non-hydrogen) atoms. The van der Waals surface area contributed by atoms with E-state index in [4.69, 9.17) is 0 Å². The molecule has 1 fully saturated rings. The van der Waals surface area contributed by atoms with E-state index in [0.29, 0.717) is 5.75 Å². The van der Waals surface area contributed by atoms with Crippen molar-refractivity contribution in [1.82, 2.24) is 15.3 Å². The molecule has 2 heterocycles. The molecule has 1 saturated heterocycles. The van der Waals surface area contributed by atoms with Crippen LogP contribution in [0.15, 0.2) is 35.6 Å². The van der Waals surface area contributed by atoms with Crippen molar-refractivity contribution in [2.24, 2.45) is 0 Å². The first-order valence-corrected chi connectivity index (χ1v) is 7.51. The lowest BCUT2D eigenvalue weighted by Crippen LogP contribution is -2.43. The van der Waals surface area contributed by atoms with Crippen molar-refractivity contribution in [3.05, 3.63) is 30.6 Å². The van der Waals surface area contributed by atoms with Crippen molar-refractivity contribution >= 4 is 22.7 Å². The third kappa shape index (κ3) is 2.88. The second-order valence-electron chi connectivity index (χ2n) is 4.96. The van der Waals surface area contributed by atoms with Crippen molar-refractivity contribution in [2.75, 3.05) is 18.8 Å². The quantitative estimate of drug-likeness (QED) is 0.661. The molecule has 0 atom stereocenters. The third-order valence-electron chi connectivity index (χ3n) is 3.52. The van der Waals surface area contributed by atoms with E-state index in [0.717, 1.165) is 41.9 Å². The van der Waals surface area contributed by atoms with E-state index in [1.165, 1.54) is 0 Å². The zero-order valence-corrected chi connectivity index (χ0v) is 11.5. The van der Waals surface area contributed by atoms with Gasteiger partial charge in [-0.2, -0.15) is 0 Å². The minimum Gasteiger partial charge on any atom is -0.389 e. The van der Waals surface area contributed by atoms with Crippen LogP contribution in [0, 0.1) is 0 Å². The molecule has 3 rings (SSSR count). The Hall–Kier alpha value is -1.17. The Morgan fingerprint density at radius 1 is 1.21 bits per heavy atom. The van der Waals surface area contributed by atoms with Gasteiger partial charge in [-0.05, 0) is 32.0 Å². The van der Waals surface area contributed by atoms with Crippen LogP contribution in [0.25, 0.3) is 10.9 Å². The van der Waals surface area contributed by atoms with Gasteiger partial charge in [-0.25, -0.2) is 9.97 Å². The summed E-state index contributed by atoms with van der Waals surface area (Å²) in [5.74, 6) is 0.690. The lowest BCUT2D eigenvalue weighted by molar-refractivity contribution is 0.0339. The predicted octanol–water partition coefficient (Wildman–Crippen LogP) is 1.84. The van der Waals surface area contributed by atoms with Crippen LogP contribution in [-0.4, -0.2) is 39.5 Å². The summed E-state index contributed by atoms with van der Waals surface area (Å²) < 4.78 is 0. The van der Waals surface area contributed by atoms with Crippen molar-refractivity contribution < 1.29 is 5.11 Å². The van der Waals surface area contributed by atoms with Gasteiger partial charge in [0, 0.05) is 11.1 Å². The smallest absolute Gasteiger partial charge is 0.117 e. The van der Waals surface area contributed by atoms with Gasteiger partial charge in [0.2, 0.25) is 0 Å². The normalized spacial score (nSPS) is 18.6. The molecule has 4 nitrogen and oxygen atoms in total. The first kappa shape index (κ1) is 12.8. The Labute approximate surface area is 116 Å². The van der Waals surface area contributed by atoms with Crippen LogP contribution >= 0.6 is 11.8 Å². The standard InChI is InChI=1S/C14H17N3OS/c18-14(5-7-15-8-6-14)9-19-13-11-3-1-2-4-12(11)16-10-17-13/h1-4,10,15,18H,5-9H2. The van der Waals surface area contributed by atoms with Gasteiger partial charge >= 0.3 is 0 Å². The number of nitrogens with zero attached hydrogens (tertiary/aromatic N) is 2. The van der Waals surface area contributed by atoms with Gasteiger partial charge in [0.15, 0.2) is 0 Å². The Kier molecular flexibility index (Phi) is 3.68. The van der Waals surface area contributed by atoms with Gasteiger partial charge < -0.3 is 10.4 Å². The molecule has 0 aliphatic carbocycles. The minimum absolute atomic E-state index is 0.567. The molecule has 0 bridgehead atoms. The number of hydrogen-bond acceptors (Lipinski definition) is 5. The number of rotatable bonds is 3. The van der Waals surface area contributed by atoms with Gasteiger partial charge in [-0.15, -0.1) is 11.8 Å². The van der Waals surface area contributed by atoms with E-state index in [-0.39, 0.29) is 0 Å². The number of nitrogens with one attached hydrogen (secondary N) is 1. The van der Waals surface area contributed by atoms with Crippen molar-refractivity contribution in [2.45, 2.75) is 23.5 Å². The Morgan fingerprint density at radius 3 is 2.84 bits per heavy atom. The van der Waals surface area contributed by atoms with E-state index >= 15 is 0 Å². The predicted molar refractivity (Wildman–Crippen MR) is 77.3 cm³/mol. The fourth-order valence-corrected chi connectivity index (χ4v) is 3.48. The molecule has 5 heteroatoms. The average Bonchev–Trinajstić information content (AvgIpc) is 2.46. The second-order valence-corrected chi connectivity index (χ2v) is 5.92. The Balaban J connectivity index is 1.78. The van der Waals surface area contributed by atoms with Gasteiger partial charge in [0.05, 0.1) is 11.1 Å². The summed E-state index contributed by atoms with van der Waals surface area (Å²) in [5.41, 5.74) is 0.388. The number of aliphatic hydroxyl groups is 1. The summed E-state index contributed by atoms with van der Waals surface area (Å²) in [4.78, 5) is 8.60. The highest BCUT2D eigenvalue weighted by atomic mass is 32.2. The van der Waals surface area contributed by atoms with Gasteiger partial charge in [0.25, 0.3) is 0 Å². The molecule has 1 aromatic carbocycles. The molecular weight excluding hydrogens is 258 g/mol. The molecule has 1 aliphatic heterocycles. The molecule has 2 aromatic rings. The Morgan fingerprint density at radius 2 is 2.00 bits per heavy atom. The molecule has 1 aromatic heterocycles. The van der Waals surface area contributed by atoms with Gasteiger partial charge in [-0.3, -0.25) is 0 Å². The number of hydrogen-bond donors (Lipinski definition) is 2. The maximum absolute atomic E-state index is 10.5. The first-order chi connectivity index (χ1) is 9.27. The van der Waals surface area contributed by atoms with E-state index in [9.17, 15) is 5.11 Å². The summed E-state index contributed by atoms with van der Waals surface area (Å²) in [6.07, 6.45) is 3.21. The van der Waals surface area contributed by atoms with Gasteiger partial charge in [0.1, 0.15) is 11.4 Å². The number of benzene rings is 1. The minimum atomic E-state index is -0.567. The first-order valence-electron chi connectivity index (χ1n) is 6.53. The number of piperidine rings is 1. The number of fused-ring (bicyclic) bond motifs is 1. The van der Waals surface area contributed by atoms with Crippen LogP contribution in [0.1, 0.15) is 12.8 Å². The maximum Gasteiger partial charge on any atom is 0.117 e. The molecule has 0 radical (unpaired) electrons. The maximum atomic E-state index is 10.5. The molecule has 0 spiro atoms. The fourth-order valence-electron chi connectivity index (χ4n) is 2.33. The summed E-state index contributed by atoms with van der Waals surface area (Å²) in [6, 6.07) is 7.99. The highest BCUT2D eigenvalue weighted by Gasteiger charge is 2.29. The van der Waals surface area contributed by atoms with Crippen LogP contribution in [0.5, 0.6) is 0 Å². The van der Waals surface area contributed by atoms with E-state index in [1.807, 2.05) is 24.3 Å². The highest BCUT2D eigenvalue weighted by Crippen LogP contribution is 2.30. The summed E-state index contributed by atoms with van der Waals surface area (Å²) in [7, 11) is 0. The zero-order chi connectivity index (χ0) is 13.1. The van der Waals surface area contributed by atoms with E-state index in [1.54, 1.807) is 18.1 Å². The summed E-state index contributed by atoms with van der Waals surface area (Å²) in [5, 5.41) is 15.8. The third-order valence-corrected chi connectivity index (χ3v) is 4.80. The van der Waals surface area contributed by atoms with Crippen molar-refractivity contribution in [3.8, 4) is 0 Å². The topological polar surface area (TPSA) is 58.0 Å². The van der Waals surface area contributed by atoms with Crippen molar-refractivity contribution in [3.63, 3.8) is 0 Å². The molecule has 0 amide bonds. The van der Waals surface area contributed by atoms with E-state index < -0.39 is 5.60 Å². The molecular formula is C14H17N3OS. The largest absolute Gasteiger partial charge is 0.389 e. The van der Waals surface area contributed by atoms with Crippen LogP contribution in [-0.2, 0) is 0 Å². The number of aromatic nitrogens is 2. The summed E-state index contributed by atoms with van der Waals surface area (Å²) >= 11 is 1.63. The van der Waals surface area contributed by atoms with Crippen LogP contribution in [0.3, 0.4) is 0 Å². The Bertz CT molecular complexity index is 564. The second kappa shape index (κ2) is 5.45. The molecule has 2 N–H and O–H groups in total.